The van der Waals surface area contributed by atoms with Crippen molar-refractivity contribution in [3.05, 3.63) is 23.9 Å². The molecule has 0 saturated carbocycles. The quantitative estimate of drug-likeness (QED) is 0.635. The Balaban J connectivity index is 1.78. The molecule has 144 valence electrons. The zero-order valence-corrected chi connectivity index (χ0v) is 16.3. The number of anilines is 1. The van der Waals surface area contributed by atoms with Gasteiger partial charge in [0, 0.05) is 38.9 Å². The maximum Gasteiger partial charge on any atom is 0.237 e. The van der Waals surface area contributed by atoms with Crippen molar-refractivity contribution in [2.45, 2.75) is 40.2 Å². The number of pyridine rings is 1. The van der Waals surface area contributed by atoms with Crippen LogP contribution in [0.3, 0.4) is 0 Å². The lowest BCUT2D eigenvalue weighted by atomic mass is 9.94. The molecule has 2 rings (SSSR count). The largest absolute Gasteiger partial charge is 0.368 e. The monoisotopic (exact) mass is 361 g/mol. The number of piperazine rings is 1. The zero-order valence-electron chi connectivity index (χ0n) is 16.3. The first-order valence-corrected chi connectivity index (χ1v) is 9.19. The molecule has 7 nitrogen and oxygen atoms in total. The van der Waals surface area contributed by atoms with Gasteiger partial charge in [-0.3, -0.25) is 14.5 Å². The molecule has 1 saturated heterocycles. The van der Waals surface area contributed by atoms with Crippen LogP contribution in [-0.4, -0.2) is 60.5 Å². The standard InChI is InChI=1S/C19H31N5O2/c1-14-5-6-20-16(11-14)21-7-8-22-17(25)12-15-18(26)23-9-10-24(15)13-19(2,3)4/h5-6,11,15H,7-10,12-13H2,1-4H3,(H,20,21)(H,22,25)(H,23,26)/t15-/m1/s1. The van der Waals surface area contributed by atoms with Crippen LogP contribution in [0.15, 0.2) is 18.3 Å². The third-order valence-corrected chi connectivity index (χ3v) is 4.17. The van der Waals surface area contributed by atoms with Crippen LogP contribution < -0.4 is 16.0 Å². The minimum absolute atomic E-state index is 0.0577. The molecule has 26 heavy (non-hydrogen) atoms. The van der Waals surface area contributed by atoms with Gasteiger partial charge in [0.05, 0.1) is 12.5 Å². The Bertz CT molecular complexity index is 627. The molecule has 0 aromatic carbocycles. The van der Waals surface area contributed by atoms with Crippen LogP contribution in [0.4, 0.5) is 5.82 Å². The Hall–Kier alpha value is -2.15. The smallest absolute Gasteiger partial charge is 0.237 e. The summed E-state index contributed by atoms with van der Waals surface area (Å²) in [5.41, 5.74) is 1.21. The van der Waals surface area contributed by atoms with Crippen LogP contribution >= 0.6 is 0 Å². The number of rotatable bonds is 7. The number of nitrogens with zero attached hydrogens (tertiary/aromatic N) is 2. The molecule has 0 aliphatic carbocycles. The van der Waals surface area contributed by atoms with Gasteiger partial charge in [0.15, 0.2) is 0 Å². The predicted octanol–water partition coefficient (Wildman–Crippen LogP) is 1.15. The maximum atomic E-state index is 12.3. The van der Waals surface area contributed by atoms with Crippen molar-refractivity contribution in [3.63, 3.8) is 0 Å². The first-order valence-electron chi connectivity index (χ1n) is 9.19. The van der Waals surface area contributed by atoms with Gasteiger partial charge in [0.2, 0.25) is 11.8 Å². The molecule has 2 amide bonds. The lowest BCUT2D eigenvalue weighted by Gasteiger charge is -2.38. The Morgan fingerprint density at radius 1 is 1.38 bits per heavy atom. The van der Waals surface area contributed by atoms with Crippen LogP contribution in [0.5, 0.6) is 0 Å². The van der Waals surface area contributed by atoms with E-state index in [0.717, 1.165) is 24.5 Å². The summed E-state index contributed by atoms with van der Waals surface area (Å²) >= 11 is 0. The van der Waals surface area contributed by atoms with Crippen molar-refractivity contribution < 1.29 is 9.59 Å². The van der Waals surface area contributed by atoms with Crippen molar-refractivity contribution in [2.75, 3.05) is 38.0 Å². The molecule has 1 aliphatic heterocycles. The van der Waals surface area contributed by atoms with Gasteiger partial charge in [0.1, 0.15) is 5.82 Å². The van der Waals surface area contributed by atoms with E-state index in [1.165, 1.54) is 0 Å². The first-order chi connectivity index (χ1) is 12.2. The number of nitrogens with one attached hydrogen (secondary N) is 3. The fourth-order valence-corrected chi connectivity index (χ4v) is 3.06. The van der Waals surface area contributed by atoms with Crippen molar-refractivity contribution >= 4 is 17.6 Å². The lowest BCUT2D eigenvalue weighted by Crippen LogP contribution is -2.58. The Morgan fingerprint density at radius 2 is 2.15 bits per heavy atom. The topological polar surface area (TPSA) is 86.4 Å². The zero-order chi connectivity index (χ0) is 19.2. The summed E-state index contributed by atoms with van der Waals surface area (Å²) in [5.74, 6) is 0.630. The van der Waals surface area contributed by atoms with Crippen LogP contribution in [0, 0.1) is 12.3 Å². The van der Waals surface area contributed by atoms with Crippen LogP contribution in [0.25, 0.3) is 0 Å². The summed E-state index contributed by atoms with van der Waals surface area (Å²) in [4.78, 5) is 30.8. The molecule has 3 N–H and O–H groups in total. The molecule has 7 heteroatoms. The van der Waals surface area contributed by atoms with Gasteiger partial charge in [-0.1, -0.05) is 20.8 Å². The summed E-state index contributed by atoms with van der Waals surface area (Å²) in [6, 6.07) is 3.50. The molecule has 1 aromatic heterocycles. The molecule has 1 fully saturated rings. The van der Waals surface area contributed by atoms with E-state index >= 15 is 0 Å². The molecule has 0 spiro atoms. The van der Waals surface area contributed by atoms with Gasteiger partial charge in [-0.05, 0) is 30.0 Å². The van der Waals surface area contributed by atoms with Crippen molar-refractivity contribution in [2.24, 2.45) is 5.41 Å². The summed E-state index contributed by atoms with van der Waals surface area (Å²) in [6.07, 6.45) is 1.94. The lowest BCUT2D eigenvalue weighted by molar-refractivity contribution is -0.134. The minimum Gasteiger partial charge on any atom is -0.368 e. The molecular weight excluding hydrogens is 330 g/mol. The van der Waals surface area contributed by atoms with E-state index in [-0.39, 0.29) is 23.7 Å². The second-order valence-electron chi connectivity index (χ2n) is 8.04. The Labute approximate surface area is 155 Å². The second-order valence-corrected chi connectivity index (χ2v) is 8.04. The van der Waals surface area contributed by atoms with Crippen LogP contribution in [0.1, 0.15) is 32.8 Å². The number of aromatic nitrogens is 1. The highest BCUT2D eigenvalue weighted by Gasteiger charge is 2.33. The number of hydrogen-bond acceptors (Lipinski definition) is 5. The van der Waals surface area contributed by atoms with Crippen molar-refractivity contribution in [1.29, 1.82) is 0 Å². The number of amides is 2. The molecular formula is C19H31N5O2. The van der Waals surface area contributed by atoms with Gasteiger partial charge in [0.25, 0.3) is 0 Å². The second kappa shape index (κ2) is 8.98. The highest BCUT2D eigenvalue weighted by Crippen LogP contribution is 2.19. The molecule has 0 bridgehead atoms. The van der Waals surface area contributed by atoms with Crippen molar-refractivity contribution in [3.8, 4) is 0 Å². The van der Waals surface area contributed by atoms with E-state index in [2.05, 4.69) is 46.6 Å². The average Bonchev–Trinajstić information content (AvgIpc) is 2.54. The van der Waals surface area contributed by atoms with Gasteiger partial charge >= 0.3 is 0 Å². The molecule has 0 unspecified atom stereocenters. The fraction of sp³-hybridized carbons (Fsp3) is 0.632. The highest BCUT2D eigenvalue weighted by atomic mass is 16.2. The number of aryl methyl sites for hydroxylation is 1. The van der Waals surface area contributed by atoms with Gasteiger partial charge in [-0.15, -0.1) is 0 Å². The number of hydrogen-bond donors (Lipinski definition) is 3. The minimum atomic E-state index is -0.394. The molecule has 1 atom stereocenters. The maximum absolute atomic E-state index is 12.3. The Kier molecular flexibility index (Phi) is 6.97. The Morgan fingerprint density at radius 3 is 2.85 bits per heavy atom. The molecule has 1 aliphatic rings. The van der Waals surface area contributed by atoms with Crippen LogP contribution in [0.2, 0.25) is 0 Å². The van der Waals surface area contributed by atoms with E-state index in [4.69, 9.17) is 0 Å². The summed E-state index contributed by atoms with van der Waals surface area (Å²) in [5, 5.41) is 8.93. The highest BCUT2D eigenvalue weighted by molar-refractivity contribution is 5.88. The van der Waals surface area contributed by atoms with E-state index in [1.807, 2.05) is 19.1 Å². The predicted molar refractivity (Wildman–Crippen MR) is 103 cm³/mol. The first kappa shape index (κ1) is 20.2. The molecule has 1 aromatic rings. The van der Waals surface area contributed by atoms with Gasteiger partial charge in [-0.25, -0.2) is 4.98 Å². The third-order valence-electron chi connectivity index (χ3n) is 4.17. The number of carbonyl (C=O) groups is 2. The normalized spacial score (nSPS) is 18.3. The van der Waals surface area contributed by atoms with Crippen molar-refractivity contribution in [1.82, 2.24) is 20.5 Å². The van der Waals surface area contributed by atoms with E-state index < -0.39 is 6.04 Å². The summed E-state index contributed by atoms with van der Waals surface area (Å²) in [7, 11) is 0. The summed E-state index contributed by atoms with van der Waals surface area (Å²) < 4.78 is 0. The van der Waals surface area contributed by atoms with Gasteiger partial charge in [-0.2, -0.15) is 0 Å². The van der Waals surface area contributed by atoms with E-state index in [0.29, 0.717) is 19.6 Å². The van der Waals surface area contributed by atoms with Gasteiger partial charge < -0.3 is 16.0 Å². The third kappa shape index (κ3) is 6.63. The fourth-order valence-electron chi connectivity index (χ4n) is 3.06. The summed E-state index contributed by atoms with van der Waals surface area (Å²) in [6.45, 7) is 11.7. The average molecular weight is 361 g/mol. The van der Waals surface area contributed by atoms with E-state index in [9.17, 15) is 9.59 Å². The number of carbonyl (C=O) groups excluding carboxylic acids is 2. The van der Waals surface area contributed by atoms with E-state index in [1.54, 1.807) is 6.20 Å². The SMILES string of the molecule is Cc1ccnc(NCCNC(=O)C[C@@H]2C(=O)NCCN2CC(C)(C)C)c1. The molecule has 2 heterocycles. The molecule has 0 radical (unpaired) electrons. The van der Waals surface area contributed by atoms with Crippen LogP contribution in [-0.2, 0) is 9.59 Å².